The first kappa shape index (κ1) is 25.7. The van der Waals surface area contributed by atoms with E-state index in [1.807, 2.05) is 52.0 Å². The molecule has 1 aromatic heterocycles. The lowest BCUT2D eigenvalue weighted by atomic mass is 10.1. The number of thiazole rings is 1. The standard InChI is InChI=1S/C27H29N3O4S2/c1-17(2)30-23-13-12-22(15-25(23)35-27(30)32)28-26(31)21-10-8-20(9-11-21)16-29(36(5,33)34)24-14-18(3)6-7-19(24)4/h6-15,17H,16H2,1-5H3,(H,28,31). The highest BCUT2D eigenvalue weighted by atomic mass is 32.2. The molecule has 1 amide bonds. The summed E-state index contributed by atoms with van der Waals surface area (Å²) >= 11 is 1.16. The Morgan fingerprint density at radius 3 is 2.36 bits per heavy atom. The van der Waals surface area contributed by atoms with Gasteiger partial charge in [-0.15, -0.1) is 0 Å². The van der Waals surface area contributed by atoms with Crippen LogP contribution in [0, 0.1) is 13.8 Å². The average molecular weight is 524 g/mol. The summed E-state index contributed by atoms with van der Waals surface area (Å²) in [5, 5.41) is 2.88. The lowest BCUT2D eigenvalue weighted by Crippen LogP contribution is -2.30. The van der Waals surface area contributed by atoms with Gasteiger partial charge in [0.1, 0.15) is 0 Å². The van der Waals surface area contributed by atoms with Gasteiger partial charge in [-0.25, -0.2) is 8.42 Å². The molecule has 0 saturated carbocycles. The van der Waals surface area contributed by atoms with Gasteiger partial charge in [0.25, 0.3) is 5.91 Å². The Labute approximate surface area is 215 Å². The van der Waals surface area contributed by atoms with E-state index in [2.05, 4.69) is 5.32 Å². The maximum atomic E-state index is 12.8. The number of carbonyl (C=O) groups excluding carboxylic acids is 1. The molecule has 0 atom stereocenters. The van der Waals surface area contributed by atoms with Gasteiger partial charge in [0, 0.05) is 17.3 Å². The Morgan fingerprint density at radius 2 is 1.72 bits per heavy atom. The Hall–Kier alpha value is -3.43. The molecule has 188 valence electrons. The van der Waals surface area contributed by atoms with Crippen LogP contribution in [0.4, 0.5) is 11.4 Å². The summed E-state index contributed by atoms with van der Waals surface area (Å²) in [6, 6.07) is 18.1. The fourth-order valence-corrected chi connectivity index (χ4v) is 6.09. The van der Waals surface area contributed by atoms with E-state index in [1.54, 1.807) is 41.0 Å². The first-order chi connectivity index (χ1) is 16.9. The van der Waals surface area contributed by atoms with Crippen molar-refractivity contribution in [2.45, 2.75) is 40.3 Å². The van der Waals surface area contributed by atoms with Gasteiger partial charge in [-0.1, -0.05) is 35.6 Å². The van der Waals surface area contributed by atoms with Crippen molar-refractivity contribution in [1.82, 2.24) is 4.57 Å². The van der Waals surface area contributed by atoms with E-state index in [0.717, 1.165) is 38.2 Å². The minimum Gasteiger partial charge on any atom is -0.322 e. The van der Waals surface area contributed by atoms with Crippen molar-refractivity contribution in [2.75, 3.05) is 15.9 Å². The largest absolute Gasteiger partial charge is 0.322 e. The molecule has 0 fully saturated rings. The highest BCUT2D eigenvalue weighted by Crippen LogP contribution is 2.27. The molecule has 0 radical (unpaired) electrons. The number of hydrogen-bond donors (Lipinski definition) is 1. The fourth-order valence-electron chi connectivity index (χ4n) is 4.10. The summed E-state index contributed by atoms with van der Waals surface area (Å²) in [7, 11) is -3.52. The van der Waals surface area contributed by atoms with Gasteiger partial charge in [0.05, 0.1) is 28.7 Å². The number of anilines is 2. The summed E-state index contributed by atoms with van der Waals surface area (Å²) in [4.78, 5) is 25.1. The number of hydrogen-bond acceptors (Lipinski definition) is 5. The second-order valence-electron chi connectivity index (χ2n) is 9.22. The van der Waals surface area contributed by atoms with Gasteiger partial charge >= 0.3 is 4.87 Å². The molecular weight excluding hydrogens is 494 g/mol. The van der Waals surface area contributed by atoms with Crippen molar-refractivity contribution in [1.29, 1.82) is 0 Å². The second-order valence-corrected chi connectivity index (χ2v) is 12.1. The Kier molecular flexibility index (Phi) is 7.06. The third-order valence-corrected chi connectivity index (χ3v) is 8.01. The predicted octanol–water partition coefficient (Wildman–Crippen LogP) is 5.48. The number of nitrogens with one attached hydrogen (secondary N) is 1. The van der Waals surface area contributed by atoms with Gasteiger partial charge in [0.2, 0.25) is 10.0 Å². The fraction of sp³-hybridized carbons (Fsp3) is 0.259. The predicted molar refractivity (Wildman–Crippen MR) is 148 cm³/mol. The van der Waals surface area contributed by atoms with Crippen LogP contribution in [0.3, 0.4) is 0 Å². The second kappa shape index (κ2) is 9.91. The zero-order chi connectivity index (χ0) is 26.2. The van der Waals surface area contributed by atoms with Crippen molar-refractivity contribution in [3.05, 3.63) is 92.6 Å². The maximum Gasteiger partial charge on any atom is 0.308 e. The number of rotatable bonds is 7. The molecule has 0 aliphatic carbocycles. The van der Waals surface area contributed by atoms with Crippen LogP contribution in [0.15, 0.2) is 65.5 Å². The van der Waals surface area contributed by atoms with Crippen LogP contribution < -0.4 is 14.5 Å². The monoisotopic (exact) mass is 523 g/mol. The van der Waals surface area contributed by atoms with Crippen LogP contribution in [0.2, 0.25) is 0 Å². The molecule has 36 heavy (non-hydrogen) atoms. The summed E-state index contributed by atoms with van der Waals surface area (Å²) < 4.78 is 29.1. The van der Waals surface area contributed by atoms with Gasteiger partial charge in [-0.3, -0.25) is 18.5 Å². The van der Waals surface area contributed by atoms with Crippen molar-refractivity contribution >= 4 is 48.9 Å². The lowest BCUT2D eigenvalue weighted by molar-refractivity contribution is 0.102. The summed E-state index contributed by atoms with van der Waals surface area (Å²) in [5.74, 6) is -0.286. The lowest BCUT2D eigenvalue weighted by Gasteiger charge is -2.25. The first-order valence-corrected chi connectivity index (χ1v) is 14.2. The number of sulfonamides is 1. The van der Waals surface area contributed by atoms with E-state index >= 15 is 0 Å². The summed E-state index contributed by atoms with van der Waals surface area (Å²) in [6.07, 6.45) is 1.19. The zero-order valence-corrected chi connectivity index (χ0v) is 22.5. The molecule has 3 aromatic carbocycles. The molecule has 0 spiro atoms. The SMILES string of the molecule is Cc1ccc(C)c(N(Cc2ccc(C(=O)Nc3ccc4c(c3)sc(=O)n4C(C)C)cc2)S(C)(=O)=O)c1. The number of aryl methyl sites for hydroxylation is 2. The molecule has 9 heteroatoms. The highest BCUT2D eigenvalue weighted by molar-refractivity contribution is 7.92. The van der Waals surface area contributed by atoms with Gasteiger partial charge in [-0.05, 0) is 80.8 Å². The Balaban J connectivity index is 1.53. The molecule has 1 N–H and O–H groups in total. The molecule has 0 bridgehead atoms. The molecule has 0 unspecified atom stereocenters. The van der Waals surface area contributed by atoms with Crippen LogP contribution in [0.25, 0.3) is 10.2 Å². The normalized spacial score (nSPS) is 11.7. The van der Waals surface area contributed by atoms with Crippen molar-refractivity contribution in [2.24, 2.45) is 0 Å². The number of amides is 1. The number of benzene rings is 3. The number of fused-ring (bicyclic) bond motifs is 1. The quantitative estimate of drug-likeness (QED) is 0.347. The average Bonchev–Trinajstić information content (AvgIpc) is 3.14. The maximum absolute atomic E-state index is 12.8. The topological polar surface area (TPSA) is 88.5 Å². The molecule has 4 aromatic rings. The van der Waals surface area contributed by atoms with E-state index in [4.69, 9.17) is 0 Å². The number of aromatic nitrogens is 1. The van der Waals surface area contributed by atoms with Gasteiger partial charge in [0.15, 0.2) is 0 Å². The summed E-state index contributed by atoms with van der Waals surface area (Å²) in [5.41, 5.74) is 5.15. The molecule has 0 saturated heterocycles. The Bertz CT molecular complexity index is 1600. The highest BCUT2D eigenvalue weighted by Gasteiger charge is 2.20. The van der Waals surface area contributed by atoms with Crippen LogP contribution >= 0.6 is 11.3 Å². The van der Waals surface area contributed by atoms with Crippen molar-refractivity contribution in [3.63, 3.8) is 0 Å². The molecule has 1 heterocycles. The van der Waals surface area contributed by atoms with E-state index in [-0.39, 0.29) is 23.4 Å². The zero-order valence-electron chi connectivity index (χ0n) is 20.9. The van der Waals surface area contributed by atoms with Crippen LogP contribution in [0.5, 0.6) is 0 Å². The third-order valence-electron chi connectivity index (χ3n) is 5.96. The molecular formula is C27H29N3O4S2. The number of nitrogens with zero attached hydrogens (tertiary/aromatic N) is 2. The van der Waals surface area contributed by atoms with E-state index in [0.29, 0.717) is 16.9 Å². The van der Waals surface area contributed by atoms with Crippen LogP contribution in [-0.2, 0) is 16.6 Å². The molecule has 4 rings (SSSR count). The first-order valence-electron chi connectivity index (χ1n) is 11.5. The summed E-state index contributed by atoms with van der Waals surface area (Å²) in [6.45, 7) is 7.89. The van der Waals surface area contributed by atoms with Gasteiger partial charge < -0.3 is 5.32 Å². The molecule has 7 nitrogen and oxygen atoms in total. The minimum absolute atomic E-state index is 0.0249. The van der Waals surface area contributed by atoms with Crippen LogP contribution in [0.1, 0.15) is 46.9 Å². The minimum atomic E-state index is -3.52. The third kappa shape index (κ3) is 5.37. The number of carbonyl (C=O) groups is 1. The van der Waals surface area contributed by atoms with Crippen molar-refractivity contribution < 1.29 is 13.2 Å². The van der Waals surface area contributed by atoms with Crippen molar-refractivity contribution in [3.8, 4) is 0 Å². The molecule has 0 aliphatic rings. The van der Waals surface area contributed by atoms with Gasteiger partial charge in [-0.2, -0.15) is 0 Å². The van der Waals surface area contributed by atoms with E-state index < -0.39 is 10.0 Å². The van der Waals surface area contributed by atoms with Crippen LogP contribution in [-0.4, -0.2) is 25.1 Å². The van der Waals surface area contributed by atoms with E-state index in [9.17, 15) is 18.0 Å². The van der Waals surface area contributed by atoms with E-state index in [1.165, 1.54) is 10.6 Å². The molecule has 0 aliphatic heterocycles. The Morgan fingerprint density at radius 1 is 1.03 bits per heavy atom. The smallest absolute Gasteiger partial charge is 0.308 e.